The minimum Gasteiger partial charge on any atom is -0.412 e. The number of Topliss-reactive ketones (excluding diaryl/α,β-unsaturated/α-hetero) is 1. The Bertz CT molecular complexity index is 1140. The zero-order valence-electron chi connectivity index (χ0n) is 20.9. The molecule has 8 nitrogen and oxygen atoms in total. The smallest absolute Gasteiger partial charge is 0.412 e. The van der Waals surface area contributed by atoms with E-state index in [0.717, 1.165) is 23.5 Å². The van der Waals surface area contributed by atoms with Crippen LogP contribution >= 0.6 is 0 Å². The fourth-order valence-corrected chi connectivity index (χ4v) is 5.59. The second-order valence-electron chi connectivity index (χ2n) is 10.2. The van der Waals surface area contributed by atoms with Crippen molar-refractivity contribution in [2.45, 2.75) is 63.9 Å². The monoisotopic (exact) mass is 495 g/mol. The number of allylic oxidation sites excluding steroid dienone is 1. The number of nitrogens with one attached hydrogen (secondary N) is 1. The first-order valence-corrected chi connectivity index (χ1v) is 12.2. The minimum absolute atomic E-state index is 0.262. The molecule has 3 aliphatic rings. The van der Waals surface area contributed by atoms with Crippen molar-refractivity contribution < 1.29 is 34.1 Å². The molecule has 0 unspecified atom stereocenters. The van der Waals surface area contributed by atoms with Crippen molar-refractivity contribution in [3.05, 3.63) is 71.5 Å². The number of aliphatic hydroxyl groups excluding tert-OH is 1. The topological polar surface area (TPSA) is 122 Å². The summed E-state index contributed by atoms with van der Waals surface area (Å²) in [5, 5.41) is 24.8. The summed E-state index contributed by atoms with van der Waals surface area (Å²) in [6, 6.07) is 9.21. The molecule has 8 heteroatoms. The largest absolute Gasteiger partial charge is 0.514 e. The van der Waals surface area contributed by atoms with Gasteiger partial charge in [-0.05, 0) is 38.3 Å². The summed E-state index contributed by atoms with van der Waals surface area (Å²) in [6.45, 7) is 6.71. The molecule has 4 rings (SSSR count). The van der Waals surface area contributed by atoms with E-state index in [2.05, 4.69) is 5.32 Å². The highest BCUT2D eigenvalue weighted by atomic mass is 16.7. The summed E-state index contributed by atoms with van der Waals surface area (Å²) >= 11 is 0. The quantitative estimate of drug-likeness (QED) is 0.426. The van der Waals surface area contributed by atoms with Crippen molar-refractivity contribution in [2.24, 2.45) is 17.8 Å². The van der Waals surface area contributed by atoms with Gasteiger partial charge >= 0.3 is 6.16 Å². The highest BCUT2D eigenvalue weighted by Gasteiger charge is 2.64. The maximum atomic E-state index is 13.7. The molecule has 3 N–H and O–H groups in total. The third-order valence-electron chi connectivity index (χ3n) is 7.71. The first-order chi connectivity index (χ1) is 17.0. The van der Waals surface area contributed by atoms with E-state index in [1.54, 1.807) is 19.1 Å². The first-order valence-electron chi connectivity index (χ1n) is 12.2. The lowest BCUT2D eigenvalue weighted by molar-refractivity contribution is -0.144. The number of ketones is 1. The normalized spacial score (nSPS) is 37.1. The average Bonchev–Trinajstić information content (AvgIpc) is 3.10. The van der Waals surface area contributed by atoms with Gasteiger partial charge < -0.3 is 25.0 Å². The number of amides is 1. The molecule has 0 radical (unpaired) electrons. The molecule has 7 atom stereocenters. The maximum absolute atomic E-state index is 13.7. The number of ether oxygens (including phenoxy) is 2. The van der Waals surface area contributed by atoms with Gasteiger partial charge in [0.15, 0.2) is 5.78 Å². The molecular weight excluding hydrogens is 462 g/mol. The van der Waals surface area contributed by atoms with E-state index in [9.17, 15) is 24.6 Å². The number of hydrogen-bond acceptors (Lipinski definition) is 7. The predicted molar refractivity (Wildman–Crippen MR) is 131 cm³/mol. The van der Waals surface area contributed by atoms with Crippen LogP contribution in [0.3, 0.4) is 0 Å². The van der Waals surface area contributed by atoms with Gasteiger partial charge in [0.25, 0.3) is 5.91 Å². The molecular formula is C28H33NO7. The van der Waals surface area contributed by atoms with E-state index in [1.807, 2.05) is 44.2 Å². The van der Waals surface area contributed by atoms with E-state index >= 15 is 0 Å². The van der Waals surface area contributed by atoms with Crippen molar-refractivity contribution in [1.29, 1.82) is 0 Å². The fourth-order valence-electron chi connectivity index (χ4n) is 5.59. The van der Waals surface area contributed by atoms with Crippen LogP contribution in [-0.2, 0) is 25.5 Å². The van der Waals surface area contributed by atoms with Gasteiger partial charge in [0.05, 0.1) is 24.3 Å². The number of carbonyl (C=O) groups excluding carboxylic acids is 3. The molecule has 1 amide bonds. The van der Waals surface area contributed by atoms with Gasteiger partial charge in [-0.2, -0.15) is 0 Å². The lowest BCUT2D eigenvalue weighted by Gasteiger charge is -2.44. The molecule has 2 aliphatic heterocycles. The van der Waals surface area contributed by atoms with Gasteiger partial charge in [-0.25, -0.2) is 4.79 Å². The summed E-state index contributed by atoms with van der Waals surface area (Å²) in [7, 11) is 0. The Morgan fingerprint density at radius 1 is 1.14 bits per heavy atom. The molecule has 1 aromatic carbocycles. The van der Waals surface area contributed by atoms with Gasteiger partial charge in [0.2, 0.25) is 5.60 Å². The van der Waals surface area contributed by atoms with Crippen LogP contribution in [-0.4, -0.2) is 51.4 Å². The first kappa shape index (κ1) is 25.9. The molecule has 36 heavy (non-hydrogen) atoms. The molecule has 0 bridgehead atoms. The highest BCUT2D eigenvalue weighted by molar-refractivity contribution is 5.96. The van der Waals surface area contributed by atoms with Crippen LogP contribution in [0.5, 0.6) is 0 Å². The summed E-state index contributed by atoms with van der Waals surface area (Å²) in [6.07, 6.45) is 3.86. The molecule has 2 heterocycles. The average molecular weight is 496 g/mol. The zero-order valence-corrected chi connectivity index (χ0v) is 20.9. The number of carbonyl (C=O) groups is 3. The minimum atomic E-state index is -1.85. The van der Waals surface area contributed by atoms with Crippen LogP contribution in [0.1, 0.15) is 39.7 Å². The predicted octanol–water partition coefficient (Wildman–Crippen LogP) is 2.99. The van der Waals surface area contributed by atoms with Gasteiger partial charge in [0, 0.05) is 17.4 Å². The van der Waals surface area contributed by atoms with E-state index in [4.69, 9.17) is 9.47 Å². The summed E-state index contributed by atoms with van der Waals surface area (Å²) in [5.74, 6) is -2.78. The molecule has 1 spiro atoms. The van der Waals surface area contributed by atoms with Crippen molar-refractivity contribution in [1.82, 2.24) is 5.32 Å². The number of hydrogen-bond donors (Lipinski definition) is 3. The van der Waals surface area contributed by atoms with Gasteiger partial charge in [0.1, 0.15) is 5.60 Å². The van der Waals surface area contributed by atoms with Gasteiger partial charge in [-0.15, -0.1) is 0 Å². The van der Waals surface area contributed by atoms with Crippen LogP contribution in [0.2, 0.25) is 0 Å². The third-order valence-corrected chi connectivity index (χ3v) is 7.71. The molecule has 1 aromatic rings. The highest BCUT2D eigenvalue weighted by Crippen LogP contribution is 2.49. The Morgan fingerprint density at radius 2 is 1.83 bits per heavy atom. The van der Waals surface area contributed by atoms with Crippen LogP contribution in [0, 0.1) is 17.8 Å². The Kier molecular flexibility index (Phi) is 6.94. The van der Waals surface area contributed by atoms with Crippen molar-refractivity contribution in [2.75, 3.05) is 0 Å². The van der Waals surface area contributed by atoms with E-state index in [1.165, 1.54) is 6.92 Å². The lowest BCUT2D eigenvalue weighted by atomic mass is 9.65. The SMILES string of the molecule is CC1=C2[C@H](Cc3ccccc3)NC(=O)[C@]23OC(=O)OC=C[C@](C)(O)C(=O)[C@H](C)CC=C[C@@H]3[C@H](O)[C@H]1C. The molecule has 1 saturated heterocycles. The van der Waals surface area contributed by atoms with Crippen molar-refractivity contribution in [3.63, 3.8) is 0 Å². The molecule has 192 valence electrons. The van der Waals surface area contributed by atoms with E-state index in [-0.39, 0.29) is 12.3 Å². The summed E-state index contributed by atoms with van der Waals surface area (Å²) < 4.78 is 10.9. The van der Waals surface area contributed by atoms with Crippen molar-refractivity contribution >= 4 is 17.8 Å². The summed E-state index contributed by atoms with van der Waals surface area (Å²) in [5.41, 5.74) is -1.30. The standard InChI is InChI=1S/C28H33NO7/c1-16-9-8-12-20-23(30)18(3)17(2)22-21(15-19-10-6-5-7-11-19)29-25(32)28(20,22)36-26(33)35-14-13-27(4,34)24(16)31/h5-8,10-14,16,18,20-21,23,30,34H,9,15H2,1-4H3,(H,29,32)/t16-,18+,20-,21+,23-,27+,28-/m1/s1. The van der Waals surface area contributed by atoms with Crippen LogP contribution in [0.15, 0.2) is 66.0 Å². The molecule has 0 aromatic heterocycles. The van der Waals surface area contributed by atoms with E-state index < -0.39 is 53.0 Å². The van der Waals surface area contributed by atoms with Gasteiger partial charge in [-0.3, -0.25) is 9.59 Å². The Morgan fingerprint density at radius 3 is 2.53 bits per heavy atom. The number of rotatable bonds is 2. The van der Waals surface area contributed by atoms with Crippen LogP contribution in [0.4, 0.5) is 4.79 Å². The second-order valence-corrected chi connectivity index (χ2v) is 10.2. The third kappa shape index (κ3) is 4.40. The fraction of sp³-hybridized carbons (Fsp3) is 0.464. The van der Waals surface area contributed by atoms with E-state index in [0.29, 0.717) is 12.0 Å². The number of aliphatic hydroxyl groups is 2. The summed E-state index contributed by atoms with van der Waals surface area (Å²) in [4.78, 5) is 39.3. The van der Waals surface area contributed by atoms with Gasteiger partial charge in [-0.1, -0.05) is 61.9 Å². The maximum Gasteiger partial charge on any atom is 0.514 e. The number of cyclic esters (lactones) is 1. The number of benzene rings is 1. The molecule has 0 saturated carbocycles. The Labute approximate surface area is 210 Å². The van der Waals surface area contributed by atoms with Crippen molar-refractivity contribution in [3.8, 4) is 0 Å². The zero-order chi connectivity index (χ0) is 26.3. The Hall–Kier alpha value is -3.23. The second kappa shape index (κ2) is 9.67. The van der Waals surface area contributed by atoms with Crippen LogP contribution in [0.25, 0.3) is 0 Å². The lowest BCUT2D eigenvalue weighted by Crippen LogP contribution is -2.57. The van der Waals surface area contributed by atoms with Crippen LogP contribution < -0.4 is 5.32 Å². The molecule has 1 aliphatic carbocycles. The Balaban J connectivity index is 1.83. The molecule has 1 fully saturated rings.